The first-order valence-electron chi connectivity index (χ1n) is 6.14. The SMILES string of the molecule is Cc1cc(=O)n(CCNC(=O)c2ccccc2F)cn1. The summed E-state index contributed by atoms with van der Waals surface area (Å²) < 4.78 is 14.8. The molecule has 1 heterocycles. The van der Waals surface area contributed by atoms with Gasteiger partial charge in [-0.2, -0.15) is 0 Å². The van der Waals surface area contributed by atoms with Gasteiger partial charge in [-0.1, -0.05) is 12.1 Å². The average Bonchev–Trinajstić information content (AvgIpc) is 2.41. The van der Waals surface area contributed by atoms with E-state index in [-0.39, 0.29) is 24.2 Å². The molecular weight excluding hydrogens is 261 g/mol. The van der Waals surface area contributed by atoms with E-state index in [1.54, 1.807) is 13.0 Å². The van der Waals surface area contributed by atoms with Crippen molar-refractivity contribution in [3.63, 3.8) is 0 Å². The molecule has 1 N–H and O–H groups in total. The third kappa shape index (κ3) is 3.28. The lowest BCUT2D eigenvalue weighted by atomic mass is 10.2. The van der Waals surface area contributed by atoms with Crippen LogP contribution in [-0.4, -0.2) is 22.0 Å². The van der Waals surface area contributed by atoms with E-state index < -0.39 is 11.7 Å². The summed E-state index contributed by atoms with van der Waals surface area (Å²) in [5, 5.41) is 2.56. The predicted octanol–water partition coefficient (Wildman–Crippen LogP) is 1.12. The van der Waals surface area contributed by atoms with Gasteiger partial charge in [-0.15, -0.1) is 0 Å². The second kappa shape index (κ2) is 6.10. The molecule has 0 radical (unpaired) electrons. The molecule has 0 bridgehead atoms. The molecule has 2 rings (SSSR count). The Morgan fingerprint density at radius 2 is 2.15 bits per heavy atom. The highest BCUT2D eigenvalue weighted by molar-refractivity contribution is 5.94. The molecule has 20 heavy (non-hydrogen) atoms. The van der Waals surface area contributed by atoms with E-state index in [9.17, 15) is 14.0 Å². The van der Waals surface area contributed by atoms with Gasteiger partial charge in [-0.25, -0.2) is 9.37 Å². The van der Waals surface area contributed by atoms with Crippen LogP contribution in [0.2, 0.25) is 0 Å². The van der Waals surface area contributed by atoms with Crippen LogP contribution in [0.5, 0.6) is 0 Å². The first kappa shape index (κ1) is 13.9. The molecule has 1 aromatic carbocycles. The third-order valence-corrected chi connectivity index (χ3v) is 2.77. The molecule has 5 nitrogen and oxygen atoms in total. The third-order valence-electron chi connectivity index (χ3n) is 2.77. The topological polar surface area (TPSA) is 64.0 Å². The molecular formula is C14H14FN3O2. The number of halogens is 1. The number of amides is 1. The van der Waals surface area contributed by atoms with E-state index in [1.165, 1.54) is 35.2 Å². The summed E-state index contributed by atoms with van der Waals surface area (Å²) in [6, 6.07) is 7.16. The van der Waals surface area contributed by atoms with Crippen LogP contribution in [0.3, 0.4) is 0 Å². The Labute approximate surface area is 115 Å². The largest absolute Gasteiger partial charge is 0.350 e. The van der Waals surface area contributed by atoms with Gasteiger partial charge < -0.3 is 5.32 Å². The maximum atomic E-state index is 13.4. The van der Waals surface area contributed by atoms with E-state index in [1.807, 2.05) is 0 Å². The number of hydrogen-bond donors (Lipinski definition) is 1. The molecule has 0 fully saturated rings. The van der Waals surface area contributed by atoms with Gasteiger partial charge in [0.25, 0.3) is 11.5 Å². The van der Waals surface area contributed by atoms with Crippen LogP contribution in [0.1, 0.15) is 16.1 Å². The number of aromatic nitrogens is 2. The van der Waals surface area contributed by atoms with Crippen molar-refractivity contribution < 1.29 is 9.18 Å². The second-order valence-corrected chi connectivity index (χ2v) is 4.30. The van der Waals surface area contributed by atoms with Crippen molar-refractivity contribution in [3.8, 4) is 0 Å². The van der Waals surface area contributed by atoms with Crippen molar-refractivity contribution in [1.82, 2.24) is 14.9 Å². The smallest absolute Gasteiger partial charge is 0.254 e. The van der Waals surface area contributed by atoms with Gasteiger partial charge in [0.2, 0.25) is 0 Å². The van der Waals surface area contributed by atoms with Gasteiger partial charge in [0, 0.05) is 24.8 Å². The zero-order valence-electron chi connectivity index (χ0n) is 11.0. The summed E-state index contributed by atoms with van der Waals surface area (Å²) in [7, 11) is 0. The van der Waals surface area contributed by atoms with E-state index in [2.05, 4.69) is 10.3 Å². The van der Waals surface area contributed by atoms with Gasteiger partial charge >= 0.3 is 0 Å². The number of hydrogen-bond acceptors (Lipinski definition) is 3. The Hall–Kier alpha value is -2.50. The molecule has 2 aromatic rings. The van der Waals surface area contributed by atoms with E-state index >= 15 is 0 Å². The minimum Gasteiger partial charge on any atom is -0.350 e. The maximum Gasteiger partial charge on any atom is 0.254 e. The van der Waals surface area contributed by atoms with Crippen molar-refractivity contribution in [2.75, 3.05) is 6.54 Å². The summed E-state index contributed by atoms with van der Waals surface area (Å²) in [5.41, 5.74) is 0.446. The van der Waals surface area contributed by atoms with Gasteiger partial charge in [0.05, 0.1) is 11.9 Å². The molecule has 0 saturated carbocycles. The van der Waals surface area contributed by atoms with Crippen LogP contribution < -0.4 is 10.9 Å². The predicted molar refractivity (Wildman–Crippen MR) is 72.0 cm³/mol. The average molecular weight is 275 g/mol. The van der Waals surface area contributed by atoms with Crippen LogP contribution >= 0.6 is 0 Å². The Balaban J connectivity index is 1.95. The molecule has 1 amide bonds. The summed E-state index contributed by atoms with van der Waals surface area (Å²) in [4.78, 5) is 27.3. The Kier molecular flexibility index (Phi) is 4.24. The molecule has 0 saturated heterocycles. The molecule has 104 valence electrons. The van der Waals surface area contributed by atoms with Crippen LogP contribution in [0.4, 0.5) is 4.39 Å². The second-order valence-electron chi connectivity index (χ2n) is 4.30. The lowest BCUT2D eigenvalue weighted by Gasteiger charge is -2.07. The zero-order chi connectivity index (χ0) is 14.5. The highest BCUT2D eigenvalue weighted by Crippen LogP contribution is 2.05. The molecule has 6 heteroatoms. The molecule has 0 spiro atoms. The maximum absolute atomic E-state index is 13.4. The minimum absolute atomic E-state index is 0.0121. The molecule has 0 aliphatic carbocycles. The van der Waals surface area contributed by atoms with Crippen molar-refractivity contribution in [2.45, 2.75) is 13.5 Å². The van der Waals surface area contributed by atoms with Crippen molar-refractivity contribution in [1.29, 1.82) is 0 Å². The highest BCUT2D eigenvalue weighted by Gasteiger charge is 2.09. The molecule has 1 aromatic heterocycles. The van der Waals surface area contributed by atoms with Gasteiger partial charge in [0.1, 0.15) is 5.82 Å². The van der Waals surface area contributed by atoms with Crippen molar-refractivity contribution in [2.24, 2.45) is 0 Å². The molecule has 0 aliphatic heterocycles. The van der Waals surface area contributed by atoms with Crippen molar-refractivity contribution >= 4 is 5.91 Å². The fraction of sp³-hybridized carbons (Fsp3) is 0.214. The van der Waals surface area contributed by atoms with E-state index in [4.69, 9.17) is 0 Å². The van der Waals surface area contributed by atoms with Gasteiger partial charge in [0.15, 0.2) is 0 Å². The summed E-state index contributed by atoms with van der Waals surface area (Å²) >= 11 is 0. The summed E-state index contributed by atoms with van der Waals surface area (Å²) in [5.74, 6) is -1.07. The van der Waals surface area contributed by atoms with Crippen LogP contribution in [0.25, 0.3) is 0 Å². The number of carbonyl (C=O) groups excluding carboxylic acids is 1. The minimum atomic E-state index is -0.570. The first-order valence-corrected chi connectivity index (χ1v) is 6.14. The number of nitrogens with zero attached hydrogens (tertiary/aromatic N) is 2. The van der Waals surface area contributed by atoms with Crippen LogP contribution in [0, 0.1) is 12.7 Å². The normalized spacial score (nSPS) is 10.3. The lowest BCUT2D eigenvalue weighted by molar-refractivity contribution is 0.0948. The highest BCUT2D eigenvalue weighted by atomic mass is 19.1. The molecule has 0 atom stereocenters. The number of rotatable bonds is 4. The first-order chi connectivity index (χ1) is 9.58. The Bertz CT molecular complexity index is 682. The van der Waals surface area contributed by atoms with E-state index in [0.29, 0.717) is 5.69 Å². The van der Waals surface area contributed by atoms with Crippen LogP contribution in [-0.2, 0) is 6.54 Å². The molecule has 0 aliphatic rings. The monoisotopic (exact) mass is 275 g/mol. The Morgan fingerprint density at radius 1 is 1.40 bits per heavy atom. The zero-order valence-corrected chi connectivity index (χ0v) is 11.0. The van der Waals surface area contributed by atoms with Crippen molar-refractivity contribution in [3.05, 3.63) is 64.1 Å². The number of carbonyl (C=O) groups is 1. The van der Waals surface area contributed by atoms with E-state index in [0.717, 1.165) is 0 Å². The number of aryl methyl sites for hydroxylation is 1. The standard InChI is InChI=1S/C14H14FN3O2/c1-10-8-13(19)18(9-17-10)7-6-16-14(20)11-4-2-3-5-12(11)15/h2-5,8-9H,6-7H2,1H3,(H,16,20). The molecule has 0 unspecified atom stereocenters. The number of benzene rings is 1. The van der Waals surface area contributed by atoms with Gasteiger partial charge in [-0.3, -0.25) is 14.2 Å². The fourth-order valence-electron chi connectivity index (χ4n) is 1.71. The summed E-state index contributed by atoms with van der Waals surface area (Å²) in [6.07, 6.45) is 1.42. The number of nitrogens with one attached hydrogen (secondary N) is 1. The fourth-order valence-corrected chi connectivity index (χ4v) is 1.71. The van der Waals surface area contributed by atoms with Gasteiger partial charge in [-0.05, 0) is 19.1 Å². The quantitative estimate of drug-likeness (QED) is 0.909. The lowest BCUT2D eigenvalue weighted by Crippen LogP contribution is -2.31. The summed E-state index contributed by atoms with van der Waals surface area (Å²) in [6.45, 7) is 2.23. The Morgan fingerprint density at radius 3 is 2.85 bits per heavy atom. The van der Waals surface area contributed by atoms with Crippen LogP contribution in [0.15, 0.2) is 41.5 Å².